The molecule has 3 rings (SSSR count). The SMILES string of the molecule is COc1cc(OC)c(NC(=S)Nc2ccc(NC(C)=O)c3ccccc23)cc1Cl. The molecule has 0 unspecified atom stereocenters. The second-order valence-corrected chi connectivity index (χ2v) is 6.97. The van der Waals surface area contributed by atoms with Gasteiger partial charge < -0.3 is 25.4 Å². The molecule has 0 spiro atoms. The number of thiocarbonyl (C=S) groups is 1. The summed E-state index contributed by atoms with van der Waals surface area (Å²) >= 11 is 11.7. The van der Waals surface area contributed by atoms with Crippen LogP contribution in [0.4, 0.5) is 17.1 Å². The summed E-state index contributed by atoms with van der Waals surface area (Å²) in [5.74, 6) is 0.922. The van der Waals surface area contributed by atoms with Gasteiger partial charge in [-0.3, -0.25) is 4.79 Å². The molecule has 3 aromatic carbocycles. The molecule has 0 radical (unpaired) electrons. The summed E-state index contributed by atoms with van der Waals surface area (Å²) in [6.07, 6.45) is 0. The number of nitrogens with one attached hydrogen (secondary N) is 3. The number of hydrogen-bond donors (Lipinski definition) is 3. The summed E-state index contributed by atoms with van der Waals surface area (Å²) in [6, 6.07) is 14.8. The highest BCUT2D eigenvalue weighted by molar-refractivity contribution is 7.80. The van der Waals surface area contributed by atoms with Crippen molar-refractivity contribution in [2.24, 2.45) is 0 Å². The van der Waals surface area contributed by atoms with Crippen LogP contribution >= 0.6 is 23.8 Å². The number of carbonyl (C=O) groups excluding carboxylic acids is 1. The van der Waals surface area contributed by atoms with Crippen LogP contribution in [0.3, 0.4) is 0 Å². The zero-order valence-electron chi connectivity index (χ0n) is 16.1. The number of halogens is 1. The van der Waals surface area contributed by atoms with Crippen LogP contribution in [0.15, 0.2) is 48.5 Å². The van der Waals surface area contributed by atoms with Gasteiger partial charge in [-0.25, -0.2) is 0 Å². The molecule has 3 aromatic rings. The molecular formula is C21H20ClN3O3S. The van der Waals surface area contributed by atoms with E-state index in [2.05, 4.69) is 16.0 Å². The Morgan fingerprint density at radius 2 is 1.41 bits per heavy atom. The summed E-state index contributed by atoms with van der Waals surface area (Å²) in [5.41, 5.74) is 2.14. The van der Waals surface area contributed by atoms with Gasteiger partial charge in [0.2, 0.25) is 5.91 Å². The lowest BCUT2D eigenvalue weighted by molar-refractivity contribution is -0.114. The molecule has 3 N–H and O–H groups in total. The number of carbonyl (C=O) groups is 1. The Morgan fingerprint density at radius 3 is 1.97 bits per heavy atom. The van der Waals surface area contributed by atoms with Crippen molar-refractivity contribution in [2.45, 2.75) is 6.92 Å². The van der Waals surface area contributed by atoms with E-state index in [4.69, 9.17) is 33.3 Å². The van der Waals surface area contributed by atoms with E-state index >= 15 is 0 Å². The maximum absolute atomic E-state index is 11.5. The number of ether oxygens (including phenoxy) is 2. The Labute approximate surface area is 179 Å². The third-order valence-electron chi connectivity index (χ3n) is 4.21. The first-order valence-corrected chi connectivity index (χ1v) is 9.50. The van der Waals surface area contributed by atoms with Gasteiger partial charge in [0.25, 0.3) is 0 Å². The Kier molecular flexibility index (Phi) is 6.41. The van der Waals surface area contributed by atoms with Crippen LogP contribution in [-0.2, 0) is 4.79 Å². The maximum Gasteiger partial charge on any atom is 0.221 e. The van der Waals surface area contributed by atoms with Gasteiger partial charge in [0, 0.05) is 35.1 Å². The second kappa shape index (κ2) is 8.98. The Balaban J connectivity index is 1.88. The molecule has 0 heterocycles. The van der Waals surface area contributed by atoms with Crippen molar-refractivity contribution < 1.29 is 14.3 Å². The predicted octanol–water partition coefficient (Wildman–Crippen LogP) is 5.28. The van der Waals surface area contributed by atoms with E-state index in [1.165, 1.54) is 14.0 Å². The van der Waals surface area contributed by atoms with Crippen LogP contribution in [0.25, 0.3) is 10.8 Å². The molecule has 0 bridgehead atoms. The molecule has 0 aliphatic rings. The predicted molar refractivity (Wildman–Crippen MR) is 123 cm³/mol. The van der Waals surface area contributed by atoms with Gasteiger partial charge in [0.05, 0.1) is 24.9 Å². The largest absolute Gasteiger partial charge is 0.495 e. The number of fused-ring (bicyclic) bond motifs is 1. The quantitative estimate of drug-likeness (QED) is 0.479. The van der Waals surface area contributed by atoms with Crippen molar-refractivity contribution in [2.75, 3.05) is 30.2 Å². The summed E-state index contributed by atoms with van der Waals surface area (Å²) in [4.78, 5) is 11.5. The summed E-state index contributed by atoms with van der Waals surface area (Å²) < 4.78 is 10.6. The highest BCUT2D eigenvalue weighted by Crippen LogP contribution is 2.36. The van der Waals surface area contributed by atoms with E-state index in [-0.39, 0.29) is 5.91 Å². The number of anilines is 3. The van der Waals surface area contributed by atoms with Crippen molar-refractivity contribution in [3.8, 4) is 11.5 Å². The summed E-state index contributed by atoms with van der Waals surface area (Å²) in [7, 11) is 3.09. The smallest absolute Gasteiger partial charge is 0.221 e. The lowest BCUT2D eigenvalue weighted by Gasteiger charge is -2.17. The third-order valence-corrected chi connectivity index (χ3v) is 4.70. The van der Waals surface area contributed by atoms with Gasteiger partial charge in [-0.15, -0.1) is 0 Å². The molecule has 0 atom stereocenters. The summed E-state index contributed by atoms with van der Waals surface area (Å²) in [6.45, 7) is 1.48. The van der Waals surface area contributed by atoms with E-state index in [1.54, 1.807) is 19.2 Å². The minimum absolute atomic E-state index is 0.128. The van der Waals surface area contributed by atoms with Crippen molar-refractivity contribution in [3.05, 3.63) is 53.6 Å². The van der Waals surface area contributed by atoms with Crippen molar-refractivity contribution >= 4 is 62.7 Å². The van der Waals surface area contributed by atoms with Crippen LogP contribution in [0, 0.1) is 0 Å². The molecule has 0 saturated carbocycles. The molecule has 1 amide bonds. The first kappa shape index (κ1) is 20.7. The van der Waals surface area contributed by atoms with Crippen LogP contribution < -0.4 is 25.4 Å². The minimum atomic E-state index is -0.128. The molecule has 0 saturated heterocycles. The molecule has 29 heavy (non-hydrogen) atoms. The van der Waals surface area contributed by atoms with Gasteiger partial charge in [0.15, 0.2) is 5.11 Å². The van der Waals surface area contributed by atoms with E-state index in [9.17, 15) is 4.79 Å². The maximum atomic E-state index is 11.5. The van der Waals surface area contributed by atoms with Gasteiger partial charge >= 0.3 is 0 Å². The molecular weight excluding hydrogens is 410 g/mol. The zero-order chi connectivity index (χ0) is 21.0. The molecule has 6 nitrogen and oxygen atoms in total. The molecule has 150 valence electrons. The highest BCUT2D eigenvalue weighted by atomic mass is 35.5. The lowest BCUT2D eigenvalue weighted by atomic mass is 10.1. The minimum Gasteiger partial charge on any atom is -0.495 e. The van der Waals surface area contributed by atoms with Gasteiger partial charge in [-0.2, -0.15) is 0 Å². The van der Waals surface area contributed by atoms with Crippen LogP contribution in [0.5, 0.6) is 11.5 Å². The molecule has 8 heteroatoms. The van der Waals surface area contributed by atoms with Crippen molar-refractivity contribution in [1.29, 1.82) is 0 Å². The van der Waals surface area contributed by atoms with E-state index in [1.807, 2.05) is 36.4 Å². The Bertz CT molecular complexity index is 1090. The fraction of sp³-hybridized carbons (Fsp3) is 0.143. The average molecular weight is 430 g/mol. The highest BCUT2D eigenvalue weighted by Gasteiger charge is 2.13. The van der Waals surface area contributed by atoms with E-state index in [0.29, 0.717) is 27.3 Å². The van der Waals surface area contributed by atoms with Crippen LogP contribution in [0.1, 0.15) is 6.92 Å². The molecule has 0 aliphatic carbocycles. The number of hydrogen-bond acceptors (Lipinski definition) is 4. The number of rotatable bonds is 5. The average Bonchev–Trinajstić information content (AvgIpc) is 2.69. The van der Waals surface area contributed by atoms with Crippen LogP contribution in [0.2, 0.25) is 5.02 Å². The lowest BCUT2D eigenvalue weighted by Crippen LogP contribution is -2.20. The van der Waals surface area contributed by atoms with Gasteiger partial charge in [0.1, 0.15) is 11.5 Å². The first-order valence-electron chi connectivity index (χ1n) is 8.71. The van der Waals surface area contributed by atoms with Crippen molar-refractivity contribution in [1.82, 2.24) is 0 Å². The first-order chi connectivity index (χ1) is 13.9. The van der Waals surface area contributed by atoms with Gasteiger partial charge in [-0.05, 0) is 30.4 Å². The fourth-order valence-electron chi connectivity index (χ4n) is 2.94. The number of methoxy groups -OCH3 is 2. The third kappa shape index (κ3) is 4.70. The number of benzene rings is 3. The molecule has 0 aliphatic heterocycles. The van der Waals surface area contributed by atoms with E-state index in [0.717, 1.165) is 22.1 Å². The Hall–Kier alpha value is -3.03. The second-order valence-electron chi connectivity index (χ2n) is 6.15. The molecule has 0 fully saturated rings. The van der Waals surface area contributed by atoms with Crippen molar-refractivity contribution in [3.63, 3.8) is 0 Å². The molecule has 0 aromatic heterocycles. The summed E-state index contributed by atoms with van der Waals surface area (Å²) in [5, 5.41) is 11.8. The monoisotopic (exact) mass is 429 g/mol. The zero-order valence-corrected chi connectivity index (χ0v) is 17.7. The van der Waals surface area contributed by atoms with Gasteiger partial charge in [-0.1, -0.05) is 35.9 Å². The number of amides is 1. The van der Waals surface area contributed by atoms with E-state index < -0.39 is 0 Å². The topological polar surface area (TPSA) is 71.6 Å². The fourth-order valence-corrected chi connectivity index (χ4v) is 3.40. The Morgan fingerprint density at radius 1 is 0.862 bits per heavy atom. The van der Waals surface area contributed by atoms with Crippen LogP contribution in [-0.4, -0.2) is 25.2 Å². The normalized spacial score (nSPS) is 10.3. The standard InChI is InChI=1S/C21H20ClN3O3S/c1-12(26)23-16-8-9-17(14-7-5-4-6-13(14)16)24-21(29)25-18-10-15(22)19(27-2)11-20(18)28-3/h4-11H,1-3H3,(H,23,26)(H2,24,25,29).